The fraction of sp³-hybridized carbons (Fsp3) is 0.435. The minimum Gasteiger partial charge on any atom is -0.431 e. The summed E-state index contributed by atoms with van der Waals surface area (Å²) in [5, 5.41) is 0. The SMILES string of the molecule is CCCC(Cc1ccc(I)cc1)OC(=O)OC(CCC)Cc1ccc(I)cc1. The average molecular weight is 606 g/mol. The minimum absolute atomic E-state index is 0.154. The van der Waals surface area contributed by atoms with Crippen LogP contribution in [-0.2, 0) is 22.3 Å². The summed E-state index contributed by atoms with van der Waals surface area (Å²) >= 11 is 4.59. The lowest BCUT2D eigenvalue weighted by molar-refractivity contribution is -0.00573. The van der Waals surface area contributed by atoms with Crippen LogP contribution in [0.4, 0.5) is 4.79 Å². The van der Waals surface area contributed by atoms with Crippen LogP contribution in [0.15, 0.2) is 48.5 Å². The molecule has 0 aliphatic carbocycles. The van der Waals surface area contributed by atoms with Crippen LogP contribution in [0, 0.1) is 7.14 Å². The molecule has 0 fully saturated rings. The molecule has 2 aromatic carbocycles. The van der Waals surface area contributed by atoms with E-state index in [0.717, 1.165) is 38.5 Å². The van der Waals surface area contributed by atoms with Gasteiger partial charge in [-0.1, -0.05) is 51.0 Å². The zero-order valence-corrected chi connectivity index (χ0v) is 20.8. The van der Waals surface area contributed by atoms with Crippen LogP contribution in [0.3, 0.4) is 0 Å². The first-order valence-electron chi connectivity index (χ1n) is 9.86. The maximum Gasteiger partial charge on any atom is 0.508 e. The maximum absolute atomic E-state index is 12.5. The Morgan fingerprint density at radius 3 is 1.43 bits per heavy atom. The second-order valence-corrected chi connectivity index (χ2v) is 9.46. The van der Waals surface area contributed by atoms with Crippen LogP contribution in [-0.4, -0.2) is 18.4 Å². The Kier molecular flexibility index (Phi) is 10.6. The van der Waals surface area contributed by atoms with Crippen LogP contribution < -0.4 is 0 Å². The lowest BCUT2D eigenvalue weighted by Crippen LogP contribution is -2.26. The summed E-state index contributed by atoms with van der Waals surface area (Å²) in [5.74, 6) is 0. The van der Waals surface area contributed by atoms with E-state index in [1.54, 1.807) is 0 Å². The fourth-order valence-electron chi connectivity index (χ4n) is 3.12. The molecule has 2 atom stereocenters. The molecule has 0 spiro atoms. The third kappa shape index (κ3) is 8.68. The van der Waals surface area contributed by atoms with Crippen molar-refractivity contribution >= 4 is 51.3 Å². The van der Waals surface area contributed by atoms with E-state index in [9.17, 15) is 4.79 Å². The Morgan fingerprint density at radius 2 is 1.11 bits per heavy atom. The molecule has 0 bridgehead atoms. The highest BCUT2D eigenvalue weighted by molar-refractivity contribution is 14.1. The van der Waals surface area contributed by atoms with E-state index >= 15 is 0 Å². The molecule has 0 aliphatic heterocycles. The van der Waals surface area contributed by atoms with Crippen molar-refractivity contribution in [1.29, 1.82) is 0 Å². The first-order chi connectivity index (χ1) is 13.5. The molecule has 2 aromatic rings. The molecule has 2 rings (SSSR count). The van der Waals surface area contributed by atoms with E-state index in [2.05, 4.69) is 108 Å². The van der Waals surface area contributed by atoms with Crippen molar-refractivity contribution in [2.24, 2.45) is 0 Å². The Balaban J connectivity index is 1.93. The van der Waals surface area contributed by atoms with E-state index in [1.807, 2.05) is 0 Å². The molecule has 5 heteroatoms. The first-order valence-corrected chi connectivity index (χ1v) is 12.0. The molecule has 0 saturated heterocycles. The van der Waals surface area contributed by atoms with Crippen molar-refractivity contribution in [1.82, 2.24) is 0 Å². The number of carbonyl (C=O) groups is 1. The van der Waals surface area contributed by atoms with Crippen molar-refractivity contribution in [3.8, 4) is 0 Å². The summed E-state index contributed by atoms with van der Waals surface area (Å²) in [4.78, 5) is 12.5. The predicted molar refractivity (Wildman–Crippen MR) is 131 cm³/mol. The fourth-order valence-corrected chi connectivity index (χ4v) is 3.84. The van der Waals surface area contributed by atoms with Crippen LogP contribution >= 0.6 is 45.2 Å². The quantitative estimate of drug-likeness (QED) is 0.213. The summed E-state index contributed by atoms with van der Waals surface area (Å²) in [6.45, 7) is 4.21. The van der Waals surface area contributed by atoms with Crippen molar-refractivity contribution in [2.45, 2.75) is 64.6 Å². The van der Waals surface area contributed by atoms with Gasteiger partial charge in [-0.25, -0.2) is 4.79 Å². The minimum atomic E-state index is -0.548. The number of carbonyl (C=O) groups excluding carboxylic acids is 1. The second-order valence-electron chi connectivity index (χ2n) is 6.97. The topological polar surface area (TPSA) is 35.5 Å². The van der Waals surface area contributed by atoms with Gasteiger partial charge in [0.2, 0.25) is 0 Å². The van der Waals surface area contributed by atoms with E-state index in [0.29, 0.717) is 0 Å². The maximum atomic E-state index is 12.5. The van der Waals surface area contributed by atoms with Gasteiger partial charge in [-0.05, 0) is 93.4 Å². The van der Waals surface area contributed by atoms with E-state index < -0.39 is 6.16 Å². The van der Waals surface area contributed by atoms with Gasteiger partial charge < -0.3 is 9.47 Å². The first kappa shape index (κ1) is 23.4. The Bertz CT molecular complexity index is 652. The highest BCUT2D eigenvalue weighted by atomic mass is 127. The van der Waals surface area contributed by atoms with Gasteiger partial charge in [0, 0.05) is 20.0 Å². The number of ether oxygens (including phenoxy) is 2. The molecule has 0 aromatic heterocycles. The molecule has 2 unspecified atom stereocenters. The normalized spacial score (nSPS) is 13.0. The Hall–Kier alpha value is -0.830. The molecule has 0 saturated carbocycles. The zero-order chi connectivity index (χ0) is 20.4. The molecular weight excluding hydrogens is 578 g/mol. The molecule has 0 aliphatic rings. The predicted octanol–water partition coefficient (Wildman–Crippen LogP) is 7.17. The Labute approximate surface area is 195 Å². The molecule has 0 heterocycles. The monoisotopic (exact) mass is 606 g/mol. The largest absolute Gasteiger partial charge is 0.508 e. The van der Waals surface area contributed by atoms with Crippen molar-refractivity contribution in [3.05, 3.63) is 66.8 Å². The molecule has 0 amide bonds. The standard InChI is InChI=1S/C23H28I2O3/c1-3-5-21(15-17-7-11-19(24)12-8-17)27-23(26)28-22(6-4-2)16-18-9-13-20(25)14-10-18/h7-14,21-22H,3-6,15-16H2,1-2H3. The van der Waals surface area contributed by atoms with Gasteiger partial charge in [0.05, 0.1) is 0 Å². The van der Waals surface area contributed by atoms with Gasteiger partial charge >= 0.3 is 6.16 Å². The summed E-state index contributed by atoms with van der Waals surface area (Å²) in [6.07, 6.45) is 4.16. The number of hydrogen-bond donors (Lipinski definition) is 0. The third-order valence-corrected chi connectivity index (χ3v) is 5.94. The molecule has 0 N–H and O–H groups in total. The number of hydrogen-bond acceptors (Lipinski definition) is 3. The van der Waals surface area contributed by atoms with Crippen LogP contribution in [0.1, 0.15) is 50.7 Å². The lowest BCUT2D eigenvalue weighted by atomic mass is 10.0. The van der Waals surface area contributed by atoms with Gasteiger partial charge in [-0.15, -0.1) is 0 Å². The summed E-state index contributed by atoms with van der Waals surface area (Å²) < 4.78 is 13.8. The number of halogens is 2. The number of benzene rings is 2. The average Bonchev–Trinajstić information content (AvgIpc) is 2.66. The smallest absolute Gasteiger partial charge is 0.431 e. The van der Waals surface area contributed by atoms with Crippen molar-refractivity contribution in [2.75, 3.05) is 0 Å². The number of rotatable bonds is 10. The van der Waals surface area contributed by atoms with Crippen LogP contribution in [0.2, 0.25) is 0 Å². The zero-order valence-electron chi connectivity index (χ0n) is 16.5. The second kappa shape index (κ2) is 12.7. The van der Waals surface area contributed by atoms with Gasteiger partial charge in [-0.3, -0.25) is 0 Å². The highest BCUT2D eigenvalue weighted by Gasteiger charge is 2.20. The highest BCUT2D eigenvalue weighted by Crippen LogP contribution is 2.17. The summed E-state index contributed by atoms with van der Waals surface area (Å²) in [6, 6.07) is 16.7. The van der Waals surface area contributed by atoms with E-state index in [4.69, 9.17) is 9.47 Å². The third-order valence-electron chi connectivity index (χ3n) is 4.50. The summed E-state index contributed by atoms with van der Waals surface area (Å²) in [7, 11) is 0. The van der Waals surface area contributed by atoms with Crippen molar-refractivity contribution < 1.29 is 14.3 Å². The molecular formula is C23H28I2O3. The van der Waals surface area contributed by atoms with Gasteiger partial charge in [0.15, 0.2) is 0 Å². The molecule has 28 heavy (non-hydrogen) atoms. The van der Waals surface area contributed by atoms with Gasteiger partial charge in [-0.2, -0.15) is 0 Å². The van der Waals surface area contributed by atoms with E-state index in [-0.39, 0.29) is 12.2 Å². The van der Waals surface area contributed by atoms with Crippen LogP contribution in [0.5, 0.6) is 0 Å². The molecule has 152 valence electrons. The molecule has 3 nitrogen and oxygen atoms in total. The lowest BCUT2D eigenvalue weighted by Gasteiger charge is -2.21. The van der Waals surface area contributed by atoms with Gasteiger partial charge in [0.1, 0.15) is 12.2 Å². The molecule has 0 radical (unpaired) electrons. The Morgan fingerprint density at radius 1 is 0.750 bits per heavy atom. The summed E-state index contributed by atoms with van der Waals surface area (Å²) in [5.41, 5.74) is 2.35. The van der Waals surface area contributed by atoms with E-state index in [1.165, 1.54) is 18.3 Å². The van der Waals surface area contributed by atoms with Crippen LogP contribution in [0.25, 0.3) is 0 Å². The van der Waals surface area contributed by atoms with Crippen molar-refractivity contribution in [3.63, 3.8) is 0 Å². The van der Waals surface area contributed by atoms with Gasteiger partial charge in [0.25, 0.3) is 0 Å².